The number of hydrogen-bond acceptors (Lipinski definition) is 4. The van der Waals surface area contributed by atoms with Gasteiger partial charge < -0.3 is 4.90 Å². The highest BCUT2D eigenvalue weighted by molar-refractivity contribution is 9.10. The Bertz CT molecular complexity index is 585. The van der Waals surface area contributed by atoms with Crippen LogP contribution in [0.1, 0.15) is 19.3 Å². The second-order valence-electron chi connectivity index (χ2n) is 4.60. The molecule has 1 aliphatic heterocycles. The number of hydrogen-bond donors (Lipinski definition) is 1. The lowest BCUT2D eigenvalue weighted by Crippen LogP contribution is -2.42. The van der Waals surface area contributed by atoms with Gasteiger partial charge in [-0.1, -0.05) is 0 Å². The molecular weight excluding hydrogens is 346 g/mol. The number of nitrogens with one attached hydrogen (secondary N) is 1. The third-order valence-electron chi connectivity index (χ3n) is 3.11. The van der Waals surface area contributed by atoms with Gasteiger partial charge in [-0.3, -0.25) is 9.78 Å². The number of carbonyl (C=O) groups is 1. The number of carbonyl (C=O) groups excluding carboxylic acids is 1. The van der Waals surface area contributed by atoms with E-state index in [9.17, 15) is 13.2 Å². The van der Waals surface area contributed by atoms with E-state index in [0.717, 1.165) is 19.3 Å². The SMILES string of the molecule is O=C(CNS(=O)(=O)c1cncc(Br)c1)N1CCCCC1. The van der Waals surface area contributed by atoms with Gasteiger partial charge >= 0.3 is 0 Å². The van der Waals surface area contributed by atoms with Gasteiger partial charge in [0, 0.05) is 30.0 Å². The van der Waals surface area contributed by atoms with E-state index in [1.807, 2.05) is 0 Å². The van der Waals surface area contributed by atoms with Crippen LogP contribution >= 0.6 is 15.9 Å². The number of aromatic nitrogens is 1. The Kier molecular flexibility index (Phi) is 5.11. The molecule has 1 saturated heterocycles. The number of likely N-dealkylation sites (tertiary alicyclic amines) is 1. The molecule has 0 radical (unpaired) electrons. The third kappa shape index (κ3) is 4.00. The van der Waals surface area contributed by atoms with E-state index in [2.05, 4.69) is 25.6 Å². The highest BCUT2D eigenvalue weighted by Crippen LogP contribution is 2.14. The number of pyridine rings is 1. The summed E-state index contributed by atoms with van der Waals surface area (Å²) in [5.41, 5.74) is 0. The number of sulfonamides is 1. The van der Waals surface area contributed by atoms with Crippen LogP contribution in [-0.4, -0.2) is 43.8 Å². The molecule has 2 rings (SSSR count). The minimum atomic E-state index is -3.71. The molecule has 6 nitrogen and oxygen atoms in total. The maximum absolute atomic E-state index is 12.0. The summed E-state index contributed by atoms with van der Waals surface area (Å²) < 4.78 is 26.9. The average Bonchev–Trinajstić information content (AvgIpc) is 2.46. The van der Waals surface area contributed by atoms with E-state index in [1.165, 1.54) is 18.5 Å². The molecule has 1 aromatic rings. The van der Waals surface area contributed by atoms with Gasteiger partial charge in [-0.15, -0.1) is 0 Å². The van der Waals surface area contributed by atoms with Gasteiger partial charge in [0.25, 0.3) is 0 Å². The van der Waals surface area contributed by atoms with Crippen LogP contribution in [0.5, 0.6) is 0 Å². The van der Waals surface area contributed by atoms with Crippen molar-refractivity contribution >= 4 is 31.9 Å². The summed E-state index contributed by atoms with van der Waals surface area (Å²) >= 11 is 3.17. The van der Waals surface area contributed by atoms with Crippen molar-refractivity contribution < 1.29 is 13.2 Å². The zero-order valence-corrected chi connectivity index (χ0v) is 13.3. The standard InChI is InChI=1S/C12H16BrN3O3S/c13-10-6-11(8-14-7-10)20(18,19)15-9-12(17)16-4-2-1-3-5-16/h6-8,15H,1-5,9H2. The summed E-state index contributed by atoms with van der Waals surface area (Å²) in [6.07, 6.45) is 5.83. The van der Waals surface area contributed by atoms with Crippen molar-refractivity contribution in [2.45, 2.75) is 24.2 Å². The van der Waals surface area contributed by atoms with Gasteiger partial charge in [-0.2, -0.15) is 0 Å². The first-order valence-electron chi connectivity index (χ1n) is 6.37. The Morgan fingerprint density at radius 1 is 1.30 bits per heavy atom. The van der Waals surface area contributed by atoms with Crippen LogP contribution in [0.15, 0.2) is 27.8 Å². The summed E-state index contributed by atoms with van der Waals surface area (Å²) in [6, 6.07) is 1.45. The van der Waals surface area contributed by atoms with Gasteiger partial charge in [0.15, 0.2) is 0 Å². The van der Waals surface area contributed by atoms with Crippen LogP contribution in [0, 0.1) is 0 Å². The summed E-state index contributed by atoms with van der Waals surface area (Å²) in [6.45, 7) is 1.20. The molecule has 8 heteroatoms. The van der Waals surface area contributed by atoms with Gasteiger partial charge in [-0.25, -0.2) is 13.1 Å². The van der Waals surface area contributed by atoms with Crippen molar-refractivity contribution in [1.29, 1.82) is 0 Å². The molecule has 1 aliphatic rings. The molecule has 0 unspecified atom stereocenters. The molecule has 110 valence electrons. The highest BCUT2D eigenvalue weighted by atomic mass is 79.9. The molecule has 0 atom stereocenters. The number of amides is 1. The fraction of sp³-hybridized carbons (Fsp3) is 0.500. The lowest BCUT2D eigenvalue weighted by atomic mass is 10.1. The number of halogens is 1. The Balaban J connectivity index is 1.97. The molecule has 0 bridgehead atoms. The van der Waals surface area contributed by atoms with Crippen LogP contribution in [0.2, 0.25) is 0 Å². The topological polar surface area (TPSA) is 79.4 Å². The minimum Gasteiger partial charge on any atom is -0.342 e. The molecule has 0 saturated carbocycles. The maximum Gasteiger partial charge on any atom is 0.242 e. The number of piperidine rings is 1. The molecule has 0 spiro atoms. The van der Waals surface area contributed by atoms with Crippen molar-refractivity contribution in [3.63, 3.8) is 0 Å². The second-order valence-corrected chi connectivity index (χ2v) is 7.29. The van der Waals surface area contributed by atoms with Crippen molar-refractivity contribution in [1.82, 2.24) is 14.6 Å². The largest absolute Gasteiger partial charge is 0.342 e. The predicted molar refractivity (Wildman–Crippen MR) is 77.6 cm³/mol. The molecule has 1 aromatic heterocycles. The van der Waals surface area contributed by atoms with Crippen LogP contribution in [0.3, 0.4) is 0 Å². The smallest absolute Gasteiger partial charge is 0.242 e. The Hall–Kier alpha value is -0.990. The quantitative estimate of drug-likeness (QED) is 0.871. The monoisotopic (exact) mass is 361 g/mol. The van der Waals surface area contributed by atoms with E-state index in [1.54, 1.807) is 4.90 Å². The predicted octanol–water partition coefficient (Wildman–Crippen LogP) is 1.13. The van der Waals surface area contributed by atoms with E-state index >= 15 is 0 Å². The first-order valence-corrected chi connectivity index (χ1v) is 8.65. The fourth-order valence-corrected chi connectivity index (χ4v) is 3.51. The van der Waals surface area contributed by atoms with Gasteiger partial charge in [-0.05, 0) is 41.3 Å². The second kappa shape index (κ2) is 6.64. The Morgan fingerprint density at radius 2 is 2.00 bits per heavy atom. The summed E-state index contributed by atoms with van der Waals surface area (Å²) in [5.74, 6) is -0.184. The molecule has 20 heavy (non-hydrogen) atoms. The first kappa shape index (κ1) is 15.4. The van der Waals surface area contributed by atoms with Crippen LogP contribution in [0.25, 0.3) is 0 Å². The third-order valence-corrected chi connectivity index (χ3v) is 4.91. The van der Waals surface area contributed by atoms with E-state index < -0.39 is 10.0 Å². The Morgan fingerprint density at radius 3 is 2.65 bits per heavy atom. The highest BCUT2D eigenvalue weighted by Gasteiger charge is 2.20. The van der Waals surface area contributed by atoms with Crippen molar-refractivity contribution in [3.05, 3.63) is 22.9 Å². The van der Waals surface area contributed by atoms with Gasteiger partial charge in [0.2, 0.25) is 15.9 Å². The molecule has 1 fully saturated rings. The summed E-state index contributed by atoms with van der Waals surface area (Å²) in [7, 11) is -3.71. The maximum atomic E-state index is 12.0. The van der Waals surface area contributed by atoms with Crippen molar-refractivity contribution in [3.8, 4) is 0 Å². The molecule has 0 aromatic carbocycles. The summed E-state index contributed by atoms with van der Waals surface area (Å²) in [4.78, 5) is 17.5. The molecule has 0 aliphatic carbocycles. The van der Waals surface area contributed by atoms with Gasteiger partial charge in [0.05, 0.1) is 6.54 Å². The molecular formula is C12H16BrN3O3S. The lowest BCUT2D eigenvalue weighted by molar-refractivity contribution is -0.130. The zero-order valence-electron chi connectivity index (χ0n) is 10.9. The Labute approximate surface area is 126 Å². The molecule has 2 heterocycles. The van der Waals surface area contributed by atoms with Crippen molar-refractivity contribution in [2.24, 2.45) is 0 Å². The normalized spacial score (nSPS) is 16.1. The number of rotatable bonds is 4. The summed E-state index contributed by atoms with van der Waals surface area (Å²) in [5, 5.41) is 0. The number of nitrogens with zero attached hydrogens (tertiary/aromatic N) is 2. The zero-order chi connectivity index (χ0) is 14.6. The first-order chi connectivity index (χ1) is 9.49. The van der Waals surface area contributed by atoms with Crippen LogP contribution in [-0.2, 0) is 14.8 Å². The fourth-order valence-electron chi connectivity index (χ4n) is 2.03. The van der Waals surface area contributed by atoms with E-state index in [4.69, 9.17) is 0 Å². The van der Waals surface area contributed by atoms with E-state index in [-0.39, 0.29) is 17.3 Å². The average molecular weight is 362 g/mol. The minimum absolute atomic E-state index is 0.0401. The molecule has 1 N–H and O–H groups in total. The van der Waals surface area contributed by atoms with E-state index in [0.29, 0.717) is 17.6 Å². The van der Waals surface area contributed by atoms with Gasteiger partial charge in [0.1, 0.15) is 4.90 Å². The lowest BCUT2D eigenvalue weighted by Gasteiger charge is -2.26. The van der Waals surface area contributed by atoms with Crippen LogP contribution < -0.4 is 4.72 Å². The van der Waals surface area contributed by atoms with Crippen molar-refractivity contribution in [2.75, 3.05) is 19.6 Å². The van der Waals surface area contributed by atoms with Crippen LogP contribution in [0.4, 0.5) is 0 Å². The molecule has 1 amide bonds.